The Labute approximate surface area is 291 Å². The molecular weight excluding hydrogens is 671 g/mol. The van der Waals surface area contributed by atoms with Crippen molar-refractivity contribution in [2.24, 2.45) is 0 Å². The van der Waals surface area contributed by atoms with Gasteiger partial charge in [0.2, 0.25) is 0 Å². The van der Waals surface area contributed by atoms with Crippen LogP contribution in [0, 0.1) is 0 Å². The molecule has 262 valence electrons. The molecular formula is C36H36F3N5O5S. The van der Waals surface area contributed by atoms with Crippen LogP contribution in [0.1, 0.15) is 54.6 Å². The summed E-state index contributed by atoms with van der Waals surface area (Å²) >= 11 is 1.09. The van der Waals surface area contributed by atoms with Crippen LogP contribution < -0.4 is 9.64 Å². The minimum Gasteiger partial charge on any atom is -0.484 e. The van der Waals surface area contributed by atoms with Crippen LogP contribution in [-0.4, -0.2) is 70.4 Å². The third-order valence-corrected chi connectivity index (χ3v) is 9.28. The molecule has 5 aromatic rings. The van der Waals surface area contributed by atoms with Gasteiger partial charge in [-0.05, 0) is 63.6 Å². The highest BCUT2D eigenvalue weighted by molar-refractivity contribution is 7.16. The average molecular weight is 708 g/mol. The summed E-state index contributed by atoms with van der Waals surface area (Å²) in [6.07, 6.45) is -2.46. The van der Waals surface area contributed by atoms with E-state index in [4.69, 9.17) is 14.2 Å². The Morgan fingerprint density at radius 2 is 1.64 bits per heavy atom. The lowest BCUT2D eigenvalue weighted by atomic mass is 10.0. The number of esters is 1. The highest BCUT2D eigenvalue weighted by Crippen LogP contribution is 2.40. The summed E-state index contributed by atoms with van der Waals surface area (Å²) in [5, 5.41) is 0.574. The summed E-state index contributed by atoms with van der Waals surface area (Å²) in [5.41, 5.74) is 1.84. The van der Waals surface area contributed by atoms with Gasteiger partial charge in [0.05, 0.1) is 23.7 Å². The van der Waals surface area contributed by atoms with Crippen molar-refractivity contribution < 1.29 is 37.0 Å². The molecule has 0 N–H and O–H groups in total. The summed E-state index contributed by atoms with van der Waals surface area (Å²) in [5.74, 6) is 0.258. The van der Waals surface area contributed by atoms with E-state index in [1.165, 1.54) is 32.2 Å². The number of methoxy groups -OCH3 is 1. The number of piperazine rings is 1. The van der Waals surface area contributed by atoms with Crippen LogP contribution >= 0.6 is 11.3 Å². The number of thiophene rings is 1. The van der Waals surface area contributed by atoms with Crippen molar-refractivity contribution in [1.29, 1.82) is 0 Å². The number of halogens is 3. The fourth-order valence-corrected chi connectivity index (χ4v) is 6.72. The zero-order chi connectivity index (χ0) is 35.8. The SMILES string of the molecule is COC(=O)c1sc(-n2cnc3cc(-c4ccc(N5CCN(C(=O)OC(C)(C)C)CC5)nc4)ccc32)cc1O[C@H](C)c1ccccc1C(F)(F)F. The van der Waals surface area contributed by atoms with Crippen molar-refractivity contribution in [2.75, 3.05) is 38.2 Å². The molecule has 1 fully saturated rings. The van der Waals surface area contributed by atoms with Crippen LogP contribution in [0.15, 0.2) is 73.2 Å². The second-order valence-electron chi connectivity index (χ2n) is 12.8. The van der Waals surface area contributed by atoms with Gasteiger partial charge in [-0.25, -0.2) is 19.6 Å². The summed E-state index contributed by atoms with van der Waals surface area (Å²) in [7, 11) is 1.23. The Balaban J connectivity index is 1.19. The Hall–Kier alpha value is -5.11. The van der Waals surface area contributed by atoms with E-state index in [0.29, 0.717) is 36.7 Å². The number of aromatic nitrogens is 3. The second-order valence-corrected chi connectivity index (χ2v) is 13.8. The van der Waals surface area contributed by atoms with Crippen LogP contribution in [0.5, 0.6) is 5.75 Å². The largest absolute Gasteiger partial charge is 0.484 e. The predicted molar refractivity (Wildman–Crippen MR) is 184 cm³/mol. The average Bonchev–Trinajstić information content (AvgIpc) is 3.70. The molecule has 50 heavy (non-hydrogen) atoms. The molecule has 1 saturated heterocycles. The summed E-state index contributed by atoms with van der Waals surface area (Å²) in [6.45, 7) is 9.43. The lowest BCUT2D eigenvalue weighted by Gasteiger charge is -2.36. The first-order valence-electron chi connectivity index (χ1n) is 15.9. The van der Waals surface area contributed by atoms with Gasteiger partial charge in [-0.1, -0.05) is 24.3 Å². The Bertz CT molecular complexity index is 2010. The fraction of sp³-hybridized carbons (Fsp3) is 0.333. The topological polar surface area (TPSA) is 99.0 Å². The van der Waals surface area contributed by atoms with Gasteiger partial charge in [-0.3, -0.25) is 4.57 Å². The third-order valence-electron chi connectivity index (χ3n) is 8.18. The number of pyridine rings is 1. The number of carbonyl (C=O) groups is 2. The molecule has 1 aliphatic heterocycles. The van der Waals surface area contributed by atoms with E-state index < -0.39 is 29.4 Å². The molecule has 0 radical (unpaired) electrons. The standard InChI is InChI=1S/C36H36F3N5O5S/c1-22(25-8-6-7-9-26(25)36(37,38)39)48-29-19-31(50-32(29)33(45)47-5)44-21-41-27-18-23(10-12-28(27)44)24-11-13-30(40-20-24)42-14-16-43(17-15-42)34(46)49-35(2,3)4/h6-13,18-22H,14-17H2,1-5H3/t22-/m1/s1. The van der Waals surface area contributed by atoms with Gasteiger partial charge < -0.3 is 24.0 Å². The summed E-state index contributed by atoms with van der Waals surface area (Å²) in [4.78, 5) is 38.4. The summed E-state index contributed by atoms with van der Waals surface area (Å²) < 4.78 is 59.3. The van der Waals surface area contributed by atoms with Gasteiger partial charge in [0.1, 0.15) is 34.6 Å². The zero-order valence-corrected chi connectivity index (χ0v) is 29.0. The second kappa shape index (κ2) is 13.7. The molecule has 3 aromatic heterocycles. The molecule has 0 unspecified atom stereocenters. The zero-order valence-electron chi connectivity index (χ0n) is 28.2. The predicted octanol–water partition coefficient (Wildman–Crippen LogP) is 8.15. The van der Waals surface area contributed by atoms with Gasteiger partial charge in [0.15, 0.2) is 4.88 Å². The van der Waals surface area contributed by atoms with Crippen LogP contribution in [0.25, 0.3) is 27.2 Å². The molecule has 1 aliphatic rings. The highest BCUT2D eigenvalue weighted by atomic mass is 32.1. The number of carbonyl (C=O) groups excluding carboxylic acids is 2. The van der Waals surface area contributed by atoms with E-state index in [1.807, 2.05) is 51.1 Å². The van der Waals surface area contributed by atoms with E-state index in [0.717, 1.165) is 39.9 Å². The third kappa shape index (κ3) is 7.39. The van der Waals surface area contributed by atoms with E-state index in [2.05, 4.69) is 14.9 Å². The first-order chi connectivity index (χ1) is 23.7. The van der Waals surface area contributed by atoms with Crippen molar-refractivity contribution in [1.82, 2.24) is 19.4 Å². The van der Waals surface area contributed by atoms with Gasteiger partial charge in [-0.15, -0.1) is 11.3 Å². The van der Waals surface area contributed by atoms with Crippen molar-refractivity contribution >= 4 is 40.3 Å². The molecule has 0 bridgehead atoms. The Morgan fingerprint density at radius 1 is 0.920 bits per heavy atom. The van der Waals surface area contributed by atoms with E-state index in [9.17, 15) is 22.8 Å². The number of nitrogens with zero attached hydrogens (tertiary/aromatic N) is 5. The number of fused-ring (bicyclic) bond motifs is 1. The molecule has 2 aromatic carbocycles. The minimum absolute atomic E-state index is 0.0486. The molecule has 4 heterocycles. The Kier molecular flexibility index (Phi) is 9.49. The molecule has 6 rings (SSSR count). The maximum absolute atomic E-state index is 13.7. The van der Waals surface area contributed by atoms with Crippen molar-refractivity contribution in [3.8, 4) is 21.9 Å². The minimum atomic E-state index is -4.56. The van der Waals surface area contributed by atoms with Gasteiger partial charge in [-0.2, -0.15) is 13.2 Å². The van der Waals surface area contributed by atoms with Crippen molar-refractivity contribution in [3.63, 3.8) is 0 Å². The molecule has 1 amide bonds. The van der Waals surface area contributed by atoms with E-state index in [1.54, 1.807) is 28.1 Å². The van der Waals surface area contributed by atoms with Gasteiger partial charge in [0.25, 0.3) is 0 Å². The number of imidazole rings is 1. The number of hydrogen-bond donors (Lipinski definition) is 0. The van der Waals surface area contributed by atoms with Crippen molar-refractivity contribution in [3.05, 3.63) is 89.2 Å². The van der Waals surface area contributed by atoms with Crippen LogP contribution in [0.3, 0.4) is 0 Å². The van der Waals surface area contributed by atoms with Crippen LogP contribution in [0.4, 0.5) is 23.8 Å². The van der Waals surface area contributed by atoms with Gasteiger partial charge in [0, 0.05) is 49.6 Å². The fourth-order valence-electron chi connectivity index (χ4n) is 5.72. The molecule has 0 aliphatic carbocycles. The molecule has 1 atom stereocenters. The van der Waals surface area contributed by atoms with Crippen LogP contribution in [-0.2, 0) is 15.7 Å². The smallest absolute Gasteiger partial charge is 0.416 e. The monoisotopic (exact) mass is 707 g/mol. The number of benzene rings is 2. The van der Waals surface area contributed by atoms with Gasteiger partial charge >= 0.3 is 18.2 Å². The number of ether oxygens (including phenoxy) is 3. The maximum Gasteiger partial charge on any atom is 0.416 e. The molecule has 0 spiro atoms. The quantitative estimate of drug-likeness (QED) is 0.156. The number of alkyl halides is 3. The lowest BCUT2D eigenvalue weighted by Crippen LogP contribution is -2.50. The first kappa shape index (κ1) is 34.7. The maximum atomic E-state index is 13.7. The summed E-state index contributed by atoms with van der Waals surface area (Å²) in [6, 6.07) is 16.5. The normalized spacial score (nSPS) is 14.5. The first-order valence-corrected chi connectivity index (χ1v) is 16.7. The molecule has 14 heteroatoms. The van der Waals surface area contributed by atoms with E-state index in [-0.39, 0.29) is 22.3 Å². The number of rotatable bonds is 7. The molecule has 0 saturated carbocycles. The van der Waals surface area contributed by atoms with Crippen LogP contribution in [0.2, 0.25) is 0 Å². The Morgan fingerprint density at radius 3 is 2.30 bits per heavy atom. The lowest BCUT2D eigenvalue weighted by molar-refractivity contribution is -0.139. The van der Waals surface area contributed by atoms with Crippen molar-refractivity contribution in [2.45, 2.75) is 45.6 Å². The highest BCUT2D eigenvalue weighted by Gasteiger charge is 2.35. The van der Waals surface area contributed by atoms with E-state index >= 15 is 0 Å². The number of hydrogen-bond acceptors (Lipinski definition) is 9. The number of anilines is 1. The molecule has 10 nitrogen and oxygen atoms in total. The number of amides is 1.